The summed E-state index contributed by atoms with van der Waals surface area (Å²) in [6.07, 6.45) is 35.8. The van der Waals surface area contributed by atoms with Crippen molar-refractivity contribution in [3.63, 3.8) is 0 Å². The van der Waals surface area contributed by atoms with Crippen LogP contribution in [0.3, 0.4) is 0 Å². The van der Waals surface area contributed by atoms with Gasteiger partial charge in [0.15, 0.2) is 0 Å². The van der Waals surface area contributed by atoms with E-state index in [9.17, 15) is 15.0 Å². The highest BCUT2D eigenvalue weighted by atomic mass is 16.3. The van der Waals surface area contributed by atoms with Gasteiger partial charge in [-0.1, -0.05) is 167 Å². The minimum Gasteiger partial charge on any atom is -0.394 e. The van der Waals surface area contributed by atoms with Gasteiger partial charge in [-0.15, -0.1) is 0 Å². The number of amides is 1. The molecule has 1 amide bonds. The Kier molecular flexibility index (Phi) is 30.0. The predicted molar refractivity (Wildman–Crippen MR) is 166 cm³/mol. The lowest BCUT2D eigenvalue weighted by atomic mass is 10.0. The fourth-order valence-electron chi connectivity index (χ4n) is 5.12. The van der Waals surface area contributed by atoms with Crippen LogP contribution in [0.1, 0.15) is 181 Å². The second kappa shape index (κ2) is 30.7. The Bertz CT molecular complexity index is 508. The average molecular weight is 538 g/mol. The predicted octanol–water partition coefficient (Wildman–Crippen LogP) is 9.56. The van der Waals surface area contributed by atoms with Crippen molar-refractivity contribution in [2.45, 2.75) is 193 Å². The molecule has 3 N–H and O–H groups in total. The van der Waals surface area contributed by atoms with E-state index in [1.54, 1.807) is 6.08 Å². The first-order valence-corrected chi connectivity index (χ1v) is 16.9. The molecule has 0 aromatic carbocycles. The molecule has 0 aromatic heterocycles. The normalized spacial score (nSPS) is 13.3. The van der Waals surface area contributed by atoms with Crippen molar-refractivity contribution in [1.82, 2.24) is 5.32 Å². The Morgan fingerprint density at radius 2 is 0.974 bits per heavy atom. The molecule has 0 aliphatic heterocycles. The molecule has 226 valence electrons. The molecule has 0 spiro atoms. The van der Waals surface area contributed by atoms with E-state index in [-0.39, 0.29) is 12.5 Å². The van der Waals surface area contributed by atoms with Gasteiger partial charge in [0.1, 0.15) is 0 Å². The van der Waals surface area contributed by atoms with E-state index in [2.05, 4.69) is 19.2 Å². The molecular weight excluding hydrogens is 470 g/mol. The number of aliphatic hydroxyl groups is 2. The number of carbonyl (C=O) groups excluding carboxylic acids is 1. The number of rotatable bonds is 30. The summed E-state index contributed by atoms with van der Waals surface area (Å²) in [6.45, 7) is 4.27. The van der Waals surface area contributed by atoms with Gasteiger partial charge in [-0.25, -0.2) is 0 Å². The highest BCUT2D eigenvalue weighted by molar-refractivity contribution is 5.76. The largest absolute Gasteiger partial charge is 0.394 e. The summed E-state index contributed by atoms with van der Waals surface area (Å²) in [5.41, 5.74) is 0. The monoisotopic (exact) mass is 538 g/mol. The van der Waals surface area contributed by atoms with Crippen molar-refractivity contribution in [3.8, 4) is 0 Å². The van der Waals surface area contributed by atoms with Crippen molar-refractivity contribution in [2.75, 3.05) is 6.61 Å². The number of hydrogen-bond acceptors (Lipinski definition) is 3. The molecule has 2 unspecified atom stereocenters. The Morgan fingerprint density at radius 3 is 1.37 bits per heavy atom. The van der Waals surface area contributed by atoms with Gasteiger partial charge in [0.25, 0.3) is 0 Å². The van der Waals surface area contributed by atoms with Gasteiger partial charge >= 0.3 is 0 Å². The number of carbonyl (C=O) groups is 1. The number of nitrogens with one attached hydrogen (secondary N) is 1. The van der Waals surface area contributed by atoms with E-state index >= 15 is 0 Å². The molecule has 0 saturated heterocycles. The molecule has 0 bridgehead atoms. The van der Waals surface area contributed by atoms with Crippen LogP contribution in [0.15, 0.2) is 12.2 Å². The Labute approximate surface area is 237 Å². The topological polar surface area (TPSA) is 69.6 Å². The molecule has 4 heteroatoms. The molecule has 0 heterocycles. The second-order valence-electron chi connectivity index (χ2n) is 11.6. The molecule has 0 aliphatic carbocycles. The lowest BCUT2D eigenvalue weighted by molar-refractivity contribution is -0.123. The van der Waals surface area contributed by atoms with E-state index in [4.69, 9.17) is 0 Å². The van der Waals surface area contributed by atoms with E-state index in [1.807, 2.05) is 6.08 Å². The first-order chi connectivity index (χ1) is 18.7. The third kappa shape index (κ3) is 26.7. The lowest BCUT2D eigenvalue weighted by Gasteiger charge is -2.20. The highest BCUT2D eigenvalue weighted by Crippen LogP contribution is 2.14. The van der Waals surface area contributed by atoms with Crippen molar-refractivity contribution in [2.24, 2.45) is 0 Å². The van der Waals surface area contributed by atoms with Crippen LogP contribution in [-0.4, -0.2) is 34.9 Å². The summed E-state index contributed by atoms with van der Waals surface area (Å²) >= 11 is 0. The second-order valence-corrected chi connectivity index (χ2v) is 11.6. The van der Waals surface area contributed by atoms with Crippen LogP contribution >= 0.6 is 0 Å². The van der Waals surface area contributed by atoms with Crippen molar-refractivity contribution < 1.29 is 15.0 Å². The molecule has 0 radical (unpaired) electrons. The van der Waals surface area contributed by atoms with Crippen LogP contribution < -0.4 is 5.32 Å². The first kappa shape index (κ1) is 37.1. The van der Waals surface area contributed by atoms with Gasteiger partial charge in [0.2, 0.25) is 5.91 Å². The van der Waals surface area contributed by atoms with E-state index < -0.39 is 12.1 Å². The van der Waals surface area contributed by atoms with Crippen LogP contribution in [0.5, 0.6) is 0 Å². The van der Waals surface area contributed by atoms with E-state index in [0.29, 0.717) is 6.42 Å². The molecule has 4 nitrogen and oxygen atoms in total. The van der Waals surface area contributed by atoms with Gasteiger partial charge in [0, 0.05) is 6.42 Å². The third-order valence-corrected chi connectivity index (χ3v) is 7.77. The van der Waals surface area contributed by atoms with E-state index in [0.717, 1.165) is 25.7 Å². The van der Waals surface area contributed by atoms with Crippen LogP contribution in [0.2, 0.25) is 0 Å². The van der Waals surface area contributed by atoms with Crippen molar-refractivity contribution in [1.29, 1.82) is 0 Å². The summed E-state index contributed by atoms with van der Waals surface area (Å²) in [4.78, 5) is 12.2. The zero-order valence-electron chi connectivity index (χ0n) is 25.7. The summed E-state index contributed by atoms with van der Waals surface area (Å²) < 4.78 is 0. The summed E-state index contributed by atoms with van der Waals surface area (Å²) in [7, 11) is 0. The van der Waals surface area contributed by atoms with Gasteiger partial charge in [-0.3, -0.25) is 4.79 Å². The number of aliphatic hydroxyl groups excluding tert-OH is 2. The maximum Gasteiger partial charge on any atom is 0.220 e. The van der Waals surface area contributed by atoms with Gasteiger partial charge < -0.3 is 15.5 Å². The maximum atomic E-state index is 12.2. The summed E-state index contributed by atoms with van der Waals surface area (Å²) in [5, 5.41) is 22.7. The number of hydrogen-bond donors (Lipinski definition) is 3. The molecule has 0 aromatic rings. The Balaban J connectivity index is 3.56. The van der Waals surface area contributed by atoms with Crippen molar-refractivity contribution >= 4 is 5.91 Å². The van der Waals surface area contributed by atoms with Crippen LogP contribution in [0.25, 0.3) is 0 Å². The van der Waals surface area contributed by atoms with Crippen LogP contribution in [0, 0.1) is 0 Å². The summed E-state index contributed by atoms with van der Waals surface area (Å²) in [6, 6.07) is -0.612. The molecule has 0 rings (SSSR count). The molecule has 2 atom stereocenters. The van der Waals surface area contributed by atoms with Crippen LogP contribution in [-0.2, 0) is 4.79 Å². The van der Waals surface area contributed by atoms with E-state index in [1.165, 1.54) is 135 Å². The average Bonchev–Trinajstić information content (AvgIpc) is 2.92. The molecule has 0 aliphatic rings. The summed E-state index contributed by atoms with van der Waals surface area (Å²) in [5.74, 6) is -0.0652. The lowest BCUT2D eigenvalue weighted by Crippen LogP contribution is -2.45. The minimum absolute atomic E-state index is 0.0652. The smallest absolute Gasteiger partial charge is 0.220 e. The fourth-order valence-corrected chi connectivity index (χ4v) is 5.12. The van der Waals surface area contributed by atoms with Gasteiger partial charge in [-0.05, 0) is 19.3 Å². The first-order valence-electron chi connectivity index (χ1n) is 16.9. The molecular formula is C34H67NO3. The van der Waals surface area contributed by atoms with Gasteiger partial charge in [0.05, 0.1) is 18.8 Å². The third-order valence-electron chi connectivity index (χ3n) is 7.77. The van der Waals surface area contributed by atoms with Crippen LogP contribution in [0.4, 0.5) is 0 Å². The molecule has 0 fully saturated rings. The highest BCUT2D eigenvalue weighted by Gasteiger charge is 2.17. The SMILES string of the molecule is CCCCCCCCC/C=C/C(O)C(CO)NC(=O)CCCCCCCCCCCCCCCCCCC. The standard InChI is InChI=1S/C34H67NO3/c1-3-5-7-9-11-13-14-15-16-17-18-19-20-22-24-26-28-30-34(38)35-32(31-36)33(37)29-27-25-23-21-12-10-8-6-4-2/h27,29,32-33,36-37H,3-26,28,30-31H2,1-2H3,(H,35,38)/b29-27+. The Hall–Kier alpha value is -0.870. The number of unbranched alkanes of at least 4 members (excludes halogenated alkanes) is 23. The molecule has 0 saturated carbocycles. The zero-order chi connectivity index (χ0) is 27.9. The quantitative estimate of drug-likeness (QED) is 0.0631. The zero-order valence-corrected chi connectivity index (χ0v) is 25.7. The molecule has 38 heavy (non-hydrogen) atoms. The van der Waals surface area contributed by atoms with Gasteiger partial charge in [-0.2, -0.15) is 0 Å². The number of allylic oxidation sites excluding steroid dienone is 1. The fraction of sp³-hybridized carbons (Fsp3) is 0.912. The minimum atomic E-state index is -0.830. The Morgan fingerprint density at radius 1 is 0.605 bits per heavy atom. The van der Waals surface area contributed by atoms with Crippen molar-refractivity contribution in [3.05, 3.63) is 12.2 Å². The maximum absolute atomic E-state index is 12.2.